The molecule has 0 saturated carbocycles. The smallest absolute Gasteiger partial charge is 0.248 e. The molecule has 0 radical (unpaired) electrons. The second kappa shape index (κ2) is 5.56. The van der Waals surface area contributed by atoms with Crippen molar-refractivity contribution in [2.45, 2.75) is 6.54 Å². The molecule has 0 unspecified atom stereocenters. The van der Waals surface area contributed by atoms with Gasteiger partial charge >= 0.3 is 0 Å². The van der Waals surface area contributed by atoms with Gasteiger partial charge in [-0.15, -0.1) is 0 Å². The van der Waals surface area contributed by atoms with E-state index in [-0.39, 0.29) is 0 Å². The highest BCUT2D eigenvalue weighted by Crippen LogP contribution is 2.23. The van der Waals surface area contributed by atoms with Crippen molar-refractivity contribution in [1.29, 1.82) is 0 Å². The van der Waals surface area contributed by atoms with Gasteiger partial charge in [0.2, 0.25) is 5.91 Å². The summed E-state index contributed by atoms with van der Waals surface area (Å²) in [6.07, 6.45) is 0. The number of primary amides is 1. The van der Waals surface area contributed by atoms with Gasteiger partial charge in [0.25, 0.3) is 0 Å². The number of amides is 1. The van der Waals surface area contributed by atoms with Crippen molar-refractivity contribution in [2.24, 2.45) is 5.73 Å². The van der Waals surface area contributed by atoms with Gasteiger partial charge in [0.15, 0.2) is 0 Å². The minimum absolute atomic E-state index is 0.440. The monoisotopic (exact) mass is 260 g/mol. The molecule has 0 spiro atoms. The van der Waals surface area contributed by atoms with Crippen LogP contribution < -0.4 is 11.1 Å². The molecule has 2 aromatic rings. The second-order valence-electron chi connectivity index (χ2n) is 3.90. The molecule has 0 aliphatic rings. The number of nitrogens with one attached hydrogen (secondary N) is 1. The fraction of sp³-hybridized carbons (Fsp3) is 0.0714. The first kappa shape index (κ1) is 12.5. The Labute approximate surface area is 111 Å². The molecule has 0 aliphatic heterocycles. The number of rotatable bonds is 4. The summed E-state index contributed by atoms with van der Waals surface area (Å²) in [6, 6.07) is 14.9. The number of carbonyl (C=O) groups is 1. The minimum atomic E-state index is -0.463. The Kier molecular flexibility index (Phi) is 3.85. The quantitative estimate of drug-likeness (QED) is 0.888. The van der Waals surface area contributed by atoms with Crippen molar-refractivity contribution < 1.29 is 4.79 Å². The van der Waals surface area contributed by atoms with E-state index in [0.717, 1.165) is 5.56 Å². The highest BCUT2D eigenvalue weighted by Gasteiger charge is 2.05. The highest BCUT2D eigenvalue weighted by molar-refractivity contribution is 6.33. The molecule has 0 fully saturated rings. The van der Waals surface area contributed by atoms with Crippen molar-refractivity contribution in [3.8, 4) is 0 Å². The Bertz CT molecular complexity index is 555. The molecule has 2 rings (SSSR count). The highest BCUT2D eigenvalue weighted by atomic mass is 35.5. The first-order valence-corrected chi connectivity index (χ1v) is 5.92. The third-order valence-corrected chi connectivity index (χ3v) is 2.91. The zero-order valence-electron chi connectivity index (χ0n) is 9.69. The molecule has 4 heteroatoms. The van der Waals surface area contributed by atoms with Gasteiger partial charge in [0.1, 0.15) is 0 Å². The van der Waals surface area contributed by atoms with Crippen molar-refractivity contribution in [3.63, 3.8) is 0 Å². The third-order valence-electron chi connectivity index (χ3n) is 2.58. The standard InChI is InChI=1S/C14H13ClN2O/c15-12-7-6-11(14(16)18)8-13(12)17-9-10-4-2-1-3-5-10/h1-8,17H,9H2,(H2,16,18). The molecule has 0 atom stereocenters. The zero-order valence-corrected chi connectivity index (χ0v) is 10.4. The van der Waals surface area contributed by atoms with Gasteiger partial charge in [0.05, 0.1) is 10.7 Å². The topological polar surface area (TPSA) is 55.1 Å². The number of carbonyl (C=O) groups excluding carboxylic acids is 1. The number of halogens is 1. The number of anilines is 1. The average Bonchev–Trinajstić information content (AvgIpc) is 2.38. The Hall–Kier alpha value is -2.00. The predicted octanol–water partition coefficient (Wildman–Crippen LogP) is 3.05. The summed E-state index contributed by atoms with van der Waals surface area (Å²) >= 11 is 6.05. The lowest BCUT2D eigenvalue weighted by atomic mass is 10.1. The molecule has 92 valence electrons. The van der Waals surface area contributed by atoms with Crippen LogP contribution >= 0.6 is 11.6 Å². The minimum Gasteiger partial charge on any atom is -0.380 e. The Morgan fingerprint density at radius 3 is 2.56 bits per heavy atom. The maximum atomic E-state index is 11.1. The Morgan fingerprint density at radius 2 is 1.89 bits per heavy atom. The number of benzene rings is 2. The summed E-state index contributed by atoms with van der Waals surface area (Å²) in [5, 5.41) is 3.75. The lowest BCUT2D eigenvalue weighted by molar-refractivity contribution is 0.100. The van der Waals surface area contributed by atoms with Gasteiger partial charge in [-0.05, 0) is 23.8 Å². The van der Waals surface area contributed by atoms with Crippen molar-refractivity contribution in [2.75, 3.05) is 5.32 Å². The molecule has 3 nitrogen and oxygen atoms in total. The normalized spacial score (nSPS) is 10.1. The van der Waals surface area contributed by atoms with E-state index in [1.807, 2.05) is 30.3 Å². The molecule has 0 saturated heterocycles. The van der Waals surface area contributed by atoms with E-state index < -0.39 is 5.91 Å². The van der Waals surface area contributed by atoms with Crippen LogP contribution in [0.4, 0.5) is 5.69 Å². The van der Waals surface area contributed by atoms with Gasteiger partial charge < -0.3 is 11.1 Å². The SMILES string of the molecule is NC(=O)c1ccc(Cl)c(NCc2ccccc2)c1. The first-order valence-electron chi connectivity index (χ1n) is 5.54. The van der Waals surface area contributed by atoms with Crippen LogP contribution in [0.1, 0.15) is 15.9 Å². The maximum Gasteiger partial charge on any atom is 0.248 e. The van der Waals surface area contributed by atoms with Crippen LogP contribution in [0, 0.1) is 0 Å². The molecular weight excluding hydrogens is 248 g/mol. The summed E-state index contributed by atoms with van der Waals surface area (Å²) in [7, 11) is 0. The van der Waals surface area contributed by atoms with Crippen molar-refractivity contribution in [3.05, 3.63) is 64.7 Å². The van der Waals surface area contributed by atoms with Crippen LogP contribution in [0.5, 0.6) is 0 Å². The molecule has 1 amide bonds. The Morgan fingerprint density at radius 1 is 1.17 bits per heavy atom. The lowest BCUT2D eigenvalue weighted by Gasteiger charge is -2.09. The molecule has 0 heterocycles. The zero-order chi connectivity index (χ0) is 13.0. The molecule has 0 bridgehead atoms. The van der Waals surface area contributed by atoms with E-state index in [9.17, 15) is 4.79 Å². The largest absolute Gasteiger partial charge is 0.380 e. The van der Waals surface area contributed by atoms with Crippen LogP contribution in [-0.4, -0.2) is 5.91 Å². The van der Waals surface area contributed by atoms with E-state index in [1.54, 1.807) is 18.2 Å². The average molecular weight is 261 g/mol. The van der Waals surface area contributed by atoms with Crippen LogP contribution in [-0.2, 0) is 6.54 Å². The van der Waals surface area contributed by atoms with E-state index in [1.165, 1.54) is 0 Å². The number of hydrogen-bond acceptors (Lipinski definition) is 2. The third kappa shape index (κ3) is 3.02. The van der Waals surface area contributed by atoms with Gasteiger partial charge in [-0.25, -0.2) is 0 Å². The first-order chi connectivity index (χ1) is 8.66. The van der Waals surface area contributed by atoms with Crippen LogP contribution in [0.25, 0.3) is 0 Å². The van der Waals surface area contributed by atoms with Gasteiger partial charge in [-0.2, -0.15) is 0 Å². The van der Waals surface area contributed by atoms with Gasteiger partial charge in [-0.3, -0.25) is 4.79 Å². The van der Waals surface area contributed by atoms with Crippen LogP contribution in [0.15, 0.2) is 48.5 Å². The van der Waals surface area contributed by atoms with E-state index >= 15 is 0 Å². The van der Waals surface area contributed by atoms with Crippen LogP contribution in [0.3, 0.4) is 0 Å². The predicted molar refractivity (Wildman–Crippen MR) is 73.7 cm³/mol. The summed E-state index contributed by atoms with van der Waals surface area (Å²) in [6.45, 7) is 0.642. The summed E-state index contributed by atoms with van der Waals surface area (Å²) in [4.78, 5) is 11.1. The lowest BCUT2D eigenvalue weighted by Crippen LogP contribution is -2.11. The van der Waals surface area contributed by atoms with Crippen molar-refractivity contribution in [1.82, 2.24) is 0 Å². The molecule has 0 aromatic heterocycles. The fourth-order valence-electron chi connectivity index (χ4n) is 1.61. The van der Waals surface area contributed by atoms with E-state index in [4.69, 9.17) is 17.3 Å². The molecule has 18 heavy (non-hydrogen) atoms. The maximum absolute atomic E-state index is 11.1. The van der Waals surface area contributed by atoms with E-state index in [2.05, 4.69) is 5.32 Å². The summed E-state index contributed by atoms with van der Waals surface area (Å²) in [5.74, 6) is -0.463. The number of hydrogen-bond donors (Lipinski definition) is 2. The van der Waals surface area contributed by atoms with Crippen LogP contribution in [0.2, 0.25) is 5.02 Å². The number of nitrogens with two attached hydrogens (primary N) is 1. The molecular formula is C14H13ClN2O. The Balaban J connectivity index is 2.14. The second-order valence-corrected chi connectivity index (χ2v) is 4.31. The van der Waals surface area contributed by atoms with Gasteiger partial charge in [-0.1, -0.05) is 41.9 Å². The molecule has 3 N–H and O–H groups in total. The summed E-state index contributed by atoms with van der Waals surface area (Å²) in [5.41, 5.74) is 7.51. The van der Waals surface area contributed by atoms with Gasteiger partial charge in [0, 0.05) is 12.1 Å². The molecule has 0 aliphatic carbocycles. The molecule has 2 aromatic carbocycles. The van der Waals surface area contributed by atoms with E-state index in [0.29, 0.717) is 22.8 Å². The summed E-state index contributed by atoms with van der Waals surface area (Å²) < 4.78 is 0. The van der Waals surface area contributed by atoms with Crippen molar-refractivity contribution >= 4 is 23.2 Å². The fourth-order valence-corrected chi connectivity index (χ4v) is 1.79.